The van der Waals surface area contributed by atoms with Crippen LogP contribution in [0.3, 0.4) is 0 Å². The number of imidazole rings is 1. The molecule has 2 saturated heterocycles. The lowest BCUT2D eigenvalue weighted by Crippen LogP contribution is -2.40. The van der Waals surface area contributed by atoms with E-state index in [4.69, 9.17) is 24.4 Å². The molecule has 19 heteroatoms. The van der Waals surface area contributed by atoms with Gasteiger partial charge in [-0.05, 0) is 43.0 Å². The van der Waals surface area contributed by atoms with E-state index in [-0.39, 0.29) is 34.9 Å². The number of nitrogens with one attached hydrogen (secondary N) is 3. The summed E-state index contributed by atoms with van der Waals surface area (Å²) in [4.78, 5) is 28.9. The molecule has 0 saturated carbocycles. The highest BCUT2D eigenvalue weighted by Crippen LogP contribution is 2.40. The van der Waals surface area contributed by atoms with Crippen molar-refractivity contribution in [1.29, 1.82) is 0 Å². The highest BCUT2D eigenvalue weighted by molar-refractivity contribution is 7.89. The van der Waals surface area contributed by atoms with Gasteiger partial charge in [0.05, 0.1) is 29.6 Å². The number of aryl methyl sites for hydroxylation is 1. The normalized spacial score (nSPS) is 22.3. The van der Waals surface area contributed by atoms with Gasteiger partial charge >= 0.3 is 6.03 Å². The average molecular weight is 749 g/mol. The predicted molar refractivity (Wildman–Crippen MR) is 191 cm³/mol. The Balaban J connectivity index is 1.15. The van der Waals surface area contributed by atoms with Gasteiger partial charge in [0.25, 0.3) is 0 Å². The number of aromatic nitrogens is 5. The number of anilines is 3. The van der Waals surface area contributed by atoms with Crippen LogP contribution in [0, 0.1) is 0 Å². The number of sulfonamides is 1. The maximum absolute atomic E-state index is 12.9. The number of aliphatic hydroxyl groups is 3. The fraction of sp³-hybridized carbons (Fsp3) is 0.382. The number of hydrogen-bond acceptors (Lipinski definition) is 14. The molecule has 2 aliphatic rings. The van der Waals surface area contributed by atoms with Crippen LogP contribution >= 0.6 is 0 Å². The summed E-state index contributed by atoms with van der Waals surface area (Å²) in [6.45, 7) is 2.49. The molecule has 280 valence electrons. The Morgan fingerprint density at radius 1 is 1.09 bits per heavy atom. The molecule has 7 rings (SSSR count). The summed E-state index contributed by atoms with van der Waals surface area (Å²) in [6, 6.07) is 15.7. The van der Waals surface area contributed by atoms with Gasteiger partial charge in [0, 0.05) is 30.9 Å². The number of nitrogens with two attached hydrogens (primary N) is 1. The topological polar surface area (TPSA) is 256 Å². The van der Waals surface area contributed by atoms with Crippen molar-refractivity contribution in [2.24, 2.45) is 5.14 Å². The van der Waals surface area contributed by atoms with Crippen molar-refractivity contribution in [3.63, 3.8) is 0 Å². The van der Waals surface area contributed by atoms with Gasteiger partial charge in [-0.15, -0.1) is 0 Å². The number of urea groups is 1. The second-order valence-electron chi connectivity index (χ2n) is 13.0. The molecule has 8 N–H and O–H groups in total. The van der Waals surface area contributed by atoms with Crippen LogP contribution in [-0.4, -0.2) is 98.4 Å². The zero-order valence-electron chi connectivity index (χ0n) is 28.6. The van der Waals surface area contributed by atoms with Gasteiger partial charge in [0.1, 0.15) is 18.3 Å². The third-order valence-corrected chi connectivity index (χ3v) is 10.2. The fourth-order valence-corrected chi connectivity index (χ4v) is 7.06. The summed E-state index contributed by atoms with van der Waals surface area (Å²) in [5.41, 5.74) is 2.57. The summed E-state index contributed by atoms with van der Waals surface area (Å²) in [7, 11) is -3.95. The summed E-state index contributed by atoms with van der Waals surface area (Å²) in [5.74, 6) is 0.896. The van der Waals surface area contributed by atoms with Crippen LogP contribution in [0.2, 0.25) is 0 Å². The smallest absolute Gasteiger partial charge is 0.319 e. The van der Waals surface area contributed by atoms with Crippen molar-refractivity contribution in [1.82, 2.24) is 30.0 Å². The number of carbonyl (C=O) groups is 1. The zero-order valence-corrected chi connectivity index (χ0v) is 29.4. The Bertz CT molecular complexity index is 2180. The summed E-state index contributed by atoms with van der Waals surface area (Å²) >= 11 is 0. The number of primary sulfonamides is 1. The number of benzene rings is 2. The van der Waals surface area contributed by atoms with E-state index in [1.54, 1.807) is 12.1 Å². The lowest BCUT2D eigenvalue weighted by molar-refractivity contribution is -0.0434. The Morgan fingerprint density at radius 2 is 1.91 bits per heavy atom. The molecule has 0 radical (unpaired) electrons. The Kier molecular flexibility index (Phi) is 10.3. The number of aliphatic hydroxyl groups excluding tert-OH is 3. The van der Waals surface area contributed by atoms with Crippen molar-refractivity contribution in [3.05, 3.63) is 84.0 Å². The second kappa shape index (κ2) is 15.0. The quantitative estimate of drug-likeness (QED) is 0.0953. The zero-order chi connectivity index (χ0) is 37.3. The lowest BCUT2D eigenvalue weighted by Gasteiger charge is -2.22. The Morgan fingerprint density at radius 3 is 2.64 bits per heavy atom. The van der Waals surface area contributed by atoms with Crippen LogP contribution in [0.15, 0.2) is 76.4 Å². The maximum Gasteiger partial charge on any atom is 0.319 e. The first-order chi connectivity index (χ1) is 25.5. The third-order valence-electron chi connectivity index (χ3n) is 9.25. The first kappa shape index (κ1) is 36.2. The third kappa shape index (κ3) is 7.80. The molecule has 2 fully saturated rings. The van der Waals surface area contributed by atoms with E-state index < -0.39 is 46.6 Å². The highest BCUT2D eigenvalue weighted by Gasteiger charge is 2.47. The molecule has 0 spiro atoms. The second-order valence-corrected chi connectivity index (χ2v) is 14.6. The van der Waals surface area contributed by atoms with Crippen molar-refractivity contribution >= 4 is 44.7 Å². The van der Waals surface area contributed by atoms with E-state index in [2.05, 4.69) is 26.1 Å². The number of nitrogens with zero attached hydrogens (tertiary/aromatic N) is 6. The first-order valence-corrected chi connectivity index (χ1v) is 18.6. The molecule has 3 aromatic heterocycles. The van der Waals surface area contributed by atoms with Gasteiger partial charge in [-0.2, -0.15) is 9.97 Å². The van der Waals surface area contributed by atoms with E-state index in [0.717, 1.165) is 5.56 Å². The van der Waals surface area contributed by atoms with Crippen LogP contribution in [0.5, 0.6) is 0 Å². The molecule has 2 amide bonds. The molecule has 53 heavy (non-hydrogen) atoms. The van der Waals surface area contributed by atoms with Gasteiger partial charge in [-0.3, -0.25) is 4.57 Å². The van der Waals surface area contributed by atoms with E-state index in [1.165, 1.54) is 29.1 Å². The van der Waals surface area contributed by atoms with E-state index in [9.17, 15) is 28.5 Å². The van der Waals surface area contributed by atoms with E-state index in [0.29, 0.717) is 55.0 Å². The highest BCUT2D eigenvalue weighted by atomic mass is 32.2. The summed E-state index contributed by atoms with van der Waals surface area (Å²) in [6.07, 6.45) is -1.73. The fourth-order valence-electron chi connectivity index (χ4n) is 6.50. The largest absolute Gasteiger partial charge is 0.394 e. The van der Waals surface area contributed by atoms with Crippen LogP contribution in [0.25, 0.3) is 11.2 Å². The first-order valence-electron chi connectivity index (χ1n) is 17.1. The van der Waals surface area contributed by atoms with Crippen molar-refractivity contribution in [2.75, 3.05) is 35.2 Å². The monoisotopic (exact) mass is 748 g/mol. The van der Waals surface area contributed by atoms with Gasteiger partial charge in [-0.25, -0.2) is 23.3 Å². The maximum atomic E-state index is 12.9. The number of hydrogen-bond donors (Lipinski definition) is 7. The van der Waals surface area contributed by atoms with E-state index >= 15 is 0 Å². The number of fused-ring (bicyclic) bond motifs is 1. The standard InChI is InChI=1S/C34H40N10O8S/c1-2-20-15-25(52-42-20)29-27(46)28(47)32(51-29)44-18-36-26-30(37-23(17-45)13-19-7-4-3-5-8-19)40-33(41-31(26)44)43-12-11-22(16-43)39-34(48)38-21-9-6-10-24(14-21)53(35,49)50/h3-10,14-15,18,22-23,27-29,32,45-47H,2,11-13,16-17H2,1H3,(H2,35,49,50)(H,37,40,41)(H2,38,39,48)/t22-,23-,27-,28+,29+,32+/m0/s1. The summed E-state index contributed by atoms with van der Waals surface area (Å²) in [5, 5.41) is 50.6. The van der Waals surface area contributed by atoms with Crippen LogP contribution < -0.4 is 26.0 Å². The number of carbonyl (C=O) groups excluding carboxylic acids is 1. The molecule has 18 nitrogen and oxygen atoms in total. The predicted octanol–water partition coefficient (Wildman–Crippen LogP) is 1.43. The minimum atomic E-state index is -3.95. The summed E-state index contributed by atoms with van der Waals surface area (Å²) < 4.78 is 36.6. The molecule has 0 unspecified atom stereocenters. The van der Waals surface area contributed by atoms with Crippen molar-refractivity contribution in [3.8, 4) is 0 Å². The minimum Gasteiger partial charge on any atom is -0.394 e. The molecule has 5 heterocycles. The van der Waals surface area contributed by atoms with Crippen LogP contribution in [0.1, 0.15) is 42.7 Å². The average Bonchev–Trinajstić information content (AvgIpc) is 3.95. The Labute approximate surface area is 304 Å². The Hall–Kier alpha value is -5.18. The molecule has 2 aromatic carbocycles. The molecular formula is C34H40N10O8S. The molecule has 0 aliphatic carbocycles. The van der Waals surface area contributed by atoms with Gasteiger partial charge < -0.3 is 45.4 Å². The molecule has 6 atom stereocenters. The molecule has 0 bridgehead atoms. The van der Waals surface area contributed by atoms with Gasteiger partial charge in [0.2, 0.25) is 16.0 Å². The van der Waals surface area contributed by atoms with E-state index in [1.807, 2.05) is 42.2 Å². The molecule has 5 aromatic rings. The van der Waals surface area contributed by atoms with Gasteiger partial charge in [-0.1, -0.05) is 48.5 Å². The minimum absolute atomic E-state index is 0.130. The van der Waals surface area contributed by atoms with Crippen LogP contribution in [-0.2, 0) is 27.6 Å². The molecular weight excluding hydrogens is 709 g/mol. The number of rotatable bonds is 12. The number of amides is 2. The molecule has 2 aliphatic heterocycles. The van der Waals surface area contributed by atoms with Crippen molar-refractivity contribution < 1.29 is 37.8 Å². The van der Waals surface area contributed by atoms with Crippen LogP contribution in [0.4, 0.5) is 22.2 Å². The SMILES string of the molecule is CCc1cc([C@H]2O[C@@H](n3cnc4c(N[C@H](CO)Cc5ccccc5)nc(N5CC[C@H](NC(=O)Nc6cccc(S(N)(=O)=O)c6)C5)nc43)[C@H](O)[C@@H]2O)on1. The van der Waals surface area contributed by atoms with Gasteiger partial charge in [0.15, 0.2) is 29.0 Å². The lowest BCUT2D eigenvalue weighted by atomic mass is 10.1. The van der Waals surface area contributed by atoms with Crippen molar-refractivity contribution in [2.45, 2.75) is 67.7 Å². The number of ether oxygens (including phenoxy) is 1.